The minimum absolute atomic E-state index is 0.287. The lowest BCUT2D eigenvalue weighted by atomic mass is 10.3. The van der Waals surface area contributed by atoms with E-state index in [2.05, 4.69) is 26.2 Å². The van der Waals surface area contributed by atoms with Crippen molar-refractivity contribution < 1.29 is 4.39 Å². The standard InChI is InChI=1S/C10H7BrClFN2S/c11-7-2-1-3-8(13)9(7)14-4-6-5-15-10(12)16-6/h1-3,5,14H,4H2. The third-order valence-corrected chi connectivity index (χ3v) is 3.70. The van der Waals surface area contributed by atoms with Gasteiger partial charge in [0, 0.05) is 15.5 Å². The summed E-state index contributed by atoms with van der Waals surface area (Å²) in [7, 11) is 0. The number of para-hydroxylation sites is 1. The van der Waals surface area contributed by atoms with Crippen molar-refractivity contribution in [2.24, 2.45) is 0 Å². The number of hydrogen-bond acceptors (Lipinski definition) is 3. The normalized spacial score (nSPS) is 10.4. The Balaban J connectivity index is 2.10. The van der Waals surface area contributed by atoms with Gasteiger partial charge < -0.3 is 5.32 Å². The van der Waals surface area contributed by atoms with Crippen molar-refractivity contribution in [2.75, 3.05) is 5.32 Å². The van der Waals surface area contributed by atoms with Crippen molar-refractivity contribution in [3.8, 4) is 0 Å². The number of nitrogens with one attached hydrogen (secondary N) is 1. The molecular formula is C10H7BrClFN2S. The Kier molecular flexibility index (Phi) is 3.78. The summed E-state index contributed by atoms with van der Waals surface area (Å²) in [6.45, 7) is 0.504. The van der Waals surface area contributed by atoms with E-state index in [1.807, 2.05) is 0 Å². The molecule has 1 aromatic carbocycles. The van der Waals surface area contributed by atoms with Crippen LogP contribution in [-0.4, -0.2) is 4.98 Å². The first-order chi connectivity index (χ1) is 7.66. The molecule has 0 atom stereocenters. The van der Waals surface area contributed by atoms with Gasteiger partial charge in [0.2, 0.25) is 0 Å². The maximum atomic E-state index is 13.4. The number of halogens is 3. The smallest absolute Gasteiger partial charge is 0.183 e. The van der Waals surface area contributed by atoms with E-state index in [-0.39, 0.29) is 5.82 Å². The molecule has 0 bridgehead atoms. The summed E-state index contributed by atoms with van der Waals surface area (Å²) in [5, 5.41) is 3.00. The summed E-state index contributed by atoms with van der Waals surface area (Å²) < 4.78 is 14.6. The highest BCUT2D eigenvalue weighted by molar-refractivity contribution is 9.10. The maximum Gasteiger partial charge on any atom is 0.183 e. The summed E-state index contributed by atoms with van der Waals surface area (Å²) in [6.07, 6.45) is 1.68. The lowest BCUT2D eigenvalue weighted by molar-refractivity contribution is 0.629. The van der Waals surface area contributed by atoms with Crippen LogP contribution in [0.1, 0.15) is 4.88 Å². The lowest BCUT2D eigenvalue weighted by Crippen LogP contribution is -2.00. The van der Waals surface area contributed by atoms with E-state index < -0.39 is 0 Å². The third-order valence-electron chi connectivity index (χ3n) is 1.93. The summed E-state index contributed by atoms with van der Waals surface area (Å²) in [6, 6.07) is 4.84. The Morgan fingerprint density at radius 3 is 2.94 bits per heavy atom. The van der Waals surface area contributed by atoms with Crippen molar-refractivity contribution in [3.63, 3.8) is 0 Å². The molecule has 2 rings (SSSR count). The van der Waals surface area contributed by atoms with Crippen molar-refractivity contribution >= 4 is 44.6 Å². The van der Waals surface area contributed by atoms with Crippen molar-refractivity contribution in [1.29, 1.82) is 0 Å². The third kappa shape index (κ3) is 2.72. The number of rotatable bonds is 3. The van der Waals surface area contributed by atoms with Crippen molar-refractivity contribution in [1.82, 2.24) is 4.98 Å². The molecule has 0 spiro atoms. The Bertz CT molecular complexity index is 483. The molecule has 84 valence electrons. The maximum absolute atomic E-state index is 13.4. The Morgan fingerprint density at radius 1 is 1.50 bits per heavy atom. The Labute approximate surface area is 110 Å². The average Bonchev–Trinajstić information content (AvgIpc) is 2.63. The molecule has 2 nitrogen and oxygen atoms in total. The van der Waals surface area contributed by atoms with E-state index in [1.54, 1.807) is 18.3 Å². The van der Waals surface area contributed by atoms with Crippen LogP contribution < -0.4 is 5.32 Å². The summed E-state index contributed by atoms with van der Waals surface area (Å²) >= 11 is 10.4. The van der Waals surface area contributed by atoms with Crippen LogP contribution in [0.25, 0.3) is 0 Å². The van der Waals surface area contributed by atoms with Gasteiger partial charge in [0.05, 0.1) is 12.2 Å². The highest BCUT2D eigenvalue weighted by atomic mass is 79.9. The first-order valence-corrected chi connectivity index (χ1v) is 6.43. The van der Waals surface area contributed by atoms with Crippen LogP contribution in [0, 0.1) is 5.82 Å². The number of hydrogen-bond donors (Lipinski definition) is 1. The molecule has 0 saturated heterocycles. The second-order valence-electron chi connectivity index (χ2n) is 3.03. The summed E-state index contributed by atoms with van der Waals surface area (Å²) in [4.78, 5) is 4.87. The van der Waals surface area contributed by atoms with Crippen LogP contribution >= 0.6 is 38.9 Å². The van der Waals surface area contributed by atoms with Gasteiger partial charge in [-0.2, -0.15) is 0 Å². The zero-order valence-electron chi connectivity index (χ0n) is 8.01. The van der Waals surface area contributed by atoms with Crippen LogP contribution in [-0.2, 0) is 6.54 Å². The average molecular weight is 322 g/mol. The first-order valence-electron chi connectivity index (χ1n) is 4.45. The largest absolute Gasteiger partial charge is 0.377 e. The Hall–Kier alpha value is -0.650. The van der Waals surface area contributed by atoms with Gasteiger partial charge in [-0.15, -0.1) is 11.3 Å². The molecule has 2 aromatic rings. The van der Waals surface area contributed by atoms with Crippen molar-refractivity contribution in [3.05, 3.63) is 44.0 Å². The van der Waals surface area contributed by atoms with Gasteiger partial charge >= 0.3 is 0 Å². The highest BCUT2D eigenvalue weighted by Crippen LogP contribution is 2.26. The number of aromatic nitrogens is 1. The highest BCUT2D eigenvalue weighted by Gasteiger charge is 2.06. The fourth-order valence-electron chi connectivity index (χ4n) is 1.21. The molecule has 1 heterocycles. The topological polar surface area (TPSA) is 24.9 Å². The van der Waals surface area contributed by atoms with Crippen LogP contribution in [0.15, 0.2) is 28.9 Å². The van der Waals surface area contributed by atoms with E-state index in [0.29, 0.717) is 21.2 Å². The van der Waals surface area contributed by atoms with Gasteiger partial charge in [-0.05, 0) is 28.1 Å². The predicted molar refractivity (Wildman–Crippen MR) is 68.6 cm³/mol. The van der Waals surface area contributed by atoms with Crippen LogP contribution in [0.2, 0.25) is 4.47 Å². The molecule has 0 radical (unpaired) electrons. The van der Waals surface area contributed by atoms with E-state index in [4.69, 9.17) is 11.6 Å². The molecular weight excluding hydrogens is 315 g/mol. The van der Waals surface area contributed by atoms with Gasteiger partial charge in [-0.3, -0.25) is 0 Å². The van der Waals surface area contributed by atoms with Gasteiger partial charge in [-0.25, -0.2) is 9.37 Å². The quantitative estimate of drug-likeness (QED) is 0.911. The Morgan fingerprint density at radius 2 is 2.31 bits per heavy atom. The SMILES string of the molecule is Fc1cccc(Br)c1NCc1cnc(Cl)s1. The zero-order valence-corrected chi connectivity index (χ0v) is 11.2. The first kappa shape index (κ1) is 11.8. The summed E-state index contributed by atoms with van der Waals surface area (Å²) in [5.74, 6) is -0.287. The molecule has 0 aliphatic heterocycles. The number of nitrogens with zero attached hydrogens (tertiary/aromatic N) is 1. The number of benzene rings is 1. The fraction of sp³-hybridized carbons (Fsp3) is 0.100. The number of thiazole rings is 1. The second-order valence-corrected chi connectivity index (χ2v) is 5.58. The van der Waals surface area contributed by atoms with Crippen molar-refractivity contribution in [2.45, 2.75) is 6.54 Å². The fourth-order valence-corrected chi connectivity index (χ4v) is 2.61. The van der Waals surface area contributed by atoms with E-state index in [9.17, 15) is 4.39 Å². The van der Waals surface area contributed by atoms with Gasteiger partial charge in [0.25, 0.3) is 0 Å². The molecule has 0 aliphatic carbocycles. The predicted octanol–water partition coefficient (Wildman–Crippen LogP) is 4.31. The van der Waals surface area contributed by atoms with Crippen LogP contribution in [0.5, 0.6) is 0 Å². The van der Waals surface area contributed by atoms with E-state index in [1.165, 1.54) is 17.4 Å². The molecule has 0 amide bonds. The minimum Gasteiger partial charge on any atom is -0.377 e. The molecule has 1 aromatic heterocycles. The van der Waals surface area contributed by atoms with E-state index >= 15 is 0 Å². The zero-order chi connectivity index (χ0) is 11.5. The van der Waals surface area contributed by atoms with Gasteiger partial charge in [0.15, 0.2) is 4.47 Å². The molecule has 0 fully saturated rings. The number of anilines is 1. The molecule has 16 heavy (non-hydrogen) atoms. The van der Waals surface area contributed by atoms with Gasteiger partial charge in [-0.1, -0.05) is 17.7 Å². The monoisotopic (exact) mass is 320 g/mol. The second kappa shape index (κ2) is 5.12. The lowest BCUT2D eigenvalue weighted by Gasteiger charge is -2.07. The molecule has 0 unspecified atom stereocenters. The molecule has 0 saturated carbocycles. The molecule has 0 aliphatic rings. The van der Waals surface area contributed by atoms with Gasteiger partial charge in [0.1, 0.15) is 5.82 Å². The minimum atomic E-state index is -0.287. The van der Waals surface area contributed by atoms with E-state index in [0.717, 1.165) is 4.88 Å². The van der Waals surface area contributed by atoms with Crippen LogP contribution in [0.3, 0.4) is 0 Å². The molecule has 1 N–H and O–H groups in total. The molecule has 6 heteroatoms. The summed E-state index contributed by atoms with van der Waals surface area (Å²) in [5.41, 5.74) is 0.451. The van der Waals surface area contributed by atoms with Crippen LogP contribution in [0.4, 0.5) is 10.1 Å².